The van der Waals surface area contributed by atoms with Crippen LogP contribution >= 0.6 is 23.2 Å². The Morgan fingerprint density at radius 1 is 1.47 bits per heavy atom. The molecule has 0 fully saturated rings. The van der Waals surface area contributed by atoms with E-state index in [1.54, 1.807) is 0 Å². The highest BCUT2D eigenvalue weighted by Crippen LogP contribution is 2.25. The largest absolute Gasteiger partial charge is 0.478 e. The molecule has 0 unspecified atom stereocenters. The maximum atomic E-state index is 10.3. The van der Waals surface area contributed by atoms with Crippen molar-refractivity contribution < 1.29 is 9.90 Å². The molecule has 0 radical (unpaired) electrons. The van der Waals surface area contributed by atoms with E-state index in [4.69, 9.17) is 33.6 Å². The highest BCUT2D eigenvalue weighted by atomic mass is 35.5. The topological polar surface area (TPSA) is 61.1 Å². The zero-order chi connectivity index (χ0) is 11.4. The predicted octanol–water partition coefficient (Wildman–Crippen LogP) is 2.96. The van der Waals surface area contributed by atoms with Gasteiger partial charge in [-0.2, -0.15) is 5.26 Å². The second-order valence-electron chi connectivity index (χ2n) is 2.64. The summed E-state index contributed by atoms with van der Waals surface area (Å²) >= 11 is 11.5. The van der Waals surface area contributed by atoms with Crippen molar-refractivity contribution in [1.82, 2.24) is 0 Å². The van der Waals surface area contributed by atoms with Gasteiger partial charge in [0.25, 0.3) is 0 Å². The van der Waals surface area contributed by atoms with Gasteiger partial charge in [0.05, 0.1) is 10.6 Å². The Morgan fingerprint density at radius 3 is 2.67 bits per heavy atom. The Morgan fingerprint density at radius 2 is 2.13 bits per heavy atom. The molecule has 0 saturated heterocycles. The molecule has 0 amide bonds. The number of hydrogen-bond donors (Lipinski definition) is 1. The lowest BCUT2D eigenvalue weighted by Gasteiger charge is -2.01. The molecule has 0 aliphatic rings. The van der Waals surface area contributed by atoms with Crippen LogP contribution in [0.25, 0.3) is 6.08 Å². The summed E-state index contributed by atoms with van der Waals surface area (Å²) in [7, 11) is 0. The van der Waals surface area contributed by atoms with Crippen LogP contribution < -0.4 is 0 Å². The van der Waals surface area contributed by atoms with Gasteiger partial charge in [-0.25, -0.2) is 4.79 Å². The number of hydrogen-bond acceptors (Lipinski definition) is 2. The van der Waals surface area contributed by atoms with Crippen molar-refractivity contribution in [2.24, 2.45) is 0 Å². The Kier molecular flexibility index (Phi) is 3.73. The van der Waals surface area contributed by atoms with Crippen LogP contribution in [0.3, 0.4) is 0 Å². The fourth-order valence-corrected chi connectivity index (χ4v) is 1.56. The molecule has 0 aliphatic heterocycles. The molecule has 1 rings (SSSR count). The number of carboxylic acid groups (broad SMARTS) is 1. The number of nitriles is 1. The van der Waals surface area contributed by atoms with Crippen molar-refractivity contribution in [3.63, 3.8) is 0 Å². The number of carbonyl (C=O) groups is 1. The summed E-state index contributed by atoms with van der Waals surface area (Å²) in [6.07, 6.45) is 2.20. The van der Waals surface area contributed by atoms with Crippen molar-refractivity contribution >= 4 is 35.2 Å². The molecule has 76 valence electrons. The van der Waals surface area contributed by atoms with Crippen LogP contribution in [0.1, 0.15) is 11.1 Å². The lowest BCUT2D eigenvalue weighted by Crippen LogP contribution is -1.88. The van der Waals surface area contributed by atoms with Crippen molar-refractivity contribution in [3.8, 4) is 6.07 Å². The first kappa shape index (κ1) is 11.6. The smallest absolute Gasteiger partial charge is 0.328 e. The molecule has 0 bridgehead atoms. The molecule has 0 heterocycles. The van der Waals surface area contributed by atoms with E-state index in [0.717, 1.165) is 6.08 Å². The summed E-state index contributed by atoms with van der Waals surface area (Å²) in [6.45, 7) is 0. The van der Waals surface area contributed by atoms with Gasteiger partial charge >= 0.3 is 5.97 Å². The molecule has 0 saturated carbocycles. The zero-order valence-corrected chi connectivity index (χ0v) is 8.88. The number of benzene rings is 1. The van der Waals surface area contributed by atoms with Crippen LogP contribution in [-0.4, -0.2) is 11.1 Å². The van der Waals surface area contributed by atoms with Crippen LogP contribution in [0.5, 0.6) is 0 Å². The van der Waals surface area contributed by atoms with Crippen molar-refractivity contribution in [2.45, 2.75) is 0 Å². The summed E-state index contributed by atoms with van der Waals surface area (Å²) in [5.74, 6) is -1.10. The third-order valence-corrected chi connectivity index (χ3v) is 2.12. The number of nitrogens with zero attached hydrogens (tertiary/aromatic N) is 1. The molecule has 1 N–H and O–H groups in total. The van der Waals surface area contributed by atoms with Gasteiger partial charge in [-0.1, -0.05) is 23.2 Å². The van der Waals surface area contributed by atoms with Gasteiger partial charge in [-0.3, -0.25) is 0 Å². The fraction of sp³-hybridized carbons (Fsp3) is 0. The van der Waals surface area contributed by atoms with E-state index in [1.165, 1.54) is 18.2 Å². The first-order valence-electron chi connectivity index (χ1n) is 3.84. The first-order chi connectivity index (χ1) is 7.04. The second kappa shape index (κ2) is 4.83. The standard InChI is InChI=1S/C10H5Cl2NO2/c11-7-3-6(1-2-10(14)15)8(5-13)9(12)4-7/h1-4H,(H,14,15)/b2-1+. The molecule has 15 heavy (non-hydrogen) atoms. The summed E-state index contributed by atoms with van der Waals surface area (Å²) < 4.78 is 0. The highest BCUT2D eigenvalue weighted by molar-refractivity contribution is 6.35. The van der Waals surface area contributed by atoms with Gasteiger partial charge in [-0.05, 0) is 23.8 Å². The molecule has 1 aromatic carbocycles. The Hall–Kier alpha value is -1.50. The molecule has 0 aromatic heterocycles. The molecule has 0 spiro atoms. The van der Waals surface area contributed by atoms with Crippen LogP contribution in [0.15, 0.2) is 18.2 Å². The molecule has 0 atom stereocenters. The molecule has 1 aromatic rings. The van der Waals surface area contributed by atoms with Crippen molar-refractivity contribution in [1.29, 1.82) is 5.26 Å². The van der Waals surface area contributed by atoms with Gasteiger partial charge < -0.3 is 5.11 Å². The van der Waals surface area contributed by atoms with Crippen LogP contribution in [0.2, 0.25) is 10.0 Å². The van der Waals surface area contributed by atoms with E-state index >= 15 is 0 Å². The van der Waals surface area contributed by atoms with Crippen LogP contribution in [-0.2, 0) is 4.79 Å². The van der Waals surface area contributed by atoms with Gasteiger partial charge in [0.1, 0.15) is 6.07 Å². The quantitative estimate of drug-likeness (QED) is 0.811. The van der Waals surface area contributed by atoms with Crippen molar-refractivity contribution in [3.05, 3.63) is 39.4 Å². The number of aliphatic carboxylic acids is 1. The normalized spacial score (nSPS) is 10.2. The van der Waals surface area contributed by atoms with E-state index in [2.05, 4.69) is 0 Å². The maximum Gasteiger partial charge on any atom is 0.328 e. The summed E-state index contributed by atoms with van der Waals surface area (Å²) in [6, 6.07) is 4.79. The highest BCUT2D eigenvalue weighted by Gasteiger charge is 2.06. The zero-order valence-electron chi connectivity index (χ0n) is 7.37. The first-order valence-corrected chi connectivity index (χ1v) is 4.60. The molecule has 5 heteroatoms. The van der Waals surface area contributed by atoms with E-state index in [0.29, 0.717) is 10.6 Å². The third kappa shape index (κ3) is 2.98. The monoisotopic (exact) mass is 241 g/mol. The number of carboxylic acids is 1. The molecule has 3 nitrogen and oxygen atoms in total. The Bertz CT molecular complexity index is 475. The average Bonchev–Trinajstić information content (AvgIpc) is 2.13. The molecular weight excluding hydrogens is 237 g/mol. The summed E-state index contributed by atoms with van der Waals surface area (Å²) in [5.41, 5.74) is 0.593. The van der Waals surface area contributed by atoms with E-state index in [9.17, 15) is 4.79 Å². The number of rotatable bonds is 2. The maximum absolute atomic E-state index is 10.3. The van der Waals surface area contributed by atoms with Gasteiger partial charge in [0.15, 0.2) is 0 Å². The van der Waals surface area contributed by atoms with E-state index < -0.39 is 5.97 Å². The third-order valence-electron chi connectivity index (χ3n) is 1.60. The minimum absolute atomic E-state index is 0.204. The molecular formula is C10H5Cl2NO2. The SMILES string of the molecule is N#Cc1c(Cl)cc(Cl)cc1/C=C/C(=O)O. The summed E-state index contributed by atoms with van der Waals surface area (Å²) in [5, 5.41) is 17.8. The van der Waals surface area contributed by atoms with Crippen molar-refractivity contribution in [2.75, 3.05) is 0 Å². The fourth-order valence-electron chi connectivity index (χ4n) is 1.00. The van der Waals surface area contributed by atoms with E-state index in [-0.39, 0.29) is 10.6 Å². The lowest BCUT2D eigenvalue weighted by molar-refractivity contribution is -0.131. The van der Waals surface area contributed by atoms with Crippen LogP contribution in [0.4, 0.5) is 0 Å². The lowest BCUT2D eigenvalue weighted by atomic mass is 10.1. The van der Waals surface area contributed by atoms with E-state index in [1.807, 2.05) is 6.07 Å². The Labute approximate surface area is 96.2 Å². The Balaban J connectivity index is 3.28. The number of halogens is 2. The minimum atomic E-state index is -1.10. The van der Waals surface area contributed by atoms with Gasteiger partial charge in [0.2, 0.25) is 0 Å². The minimum Gasteiger partial charge on any atom is -0.478 e. The van der Waals surface area contributed by atoms with Gasteiger partial charge in [-0.15, -0.1) is 0 Å². The summed E-state index contributed by atoms with van der Waals surface area (Å²) in [4.78, 5) is 10.3. The average molecular weight is 242 g/mol. The molecule has 0 aliphatic carbocycles. The van der Waals surface area contributed by atoms with Gasteiger partial charge in [0, 0.05) is 11.1 Å². The van der Waals surface area contributed by atoms with Crippen LogP contribution in [0, 0.1) is 11.3 Å². The second-order valence-corrected chi connectivity index (χ2v) is 3.48. The predicted molar refractivity (Wildman–Crippen MR) is 57.8 cm³/mol.